The number of aromatic nitrogens is 6. The first-order valence-electron chi connectivity index (χ1n) is 9.67. The molecule has 4 rings (SSSR count). The number of nitrogens with one attached hydrogen (secondary N) is 2. The van der Waals surface area contributed by atoms with Crippen molar-refractivity contribution in [2.45, 2.75) is 33.2 Å². The normalized spacial score (nSPS) is 13.3. The van der Waals surface area contributed by atoms with Gasteiger partial charge in [-0.1, -0.05) is 38.5 Å². The average Bonchev–Trinajstić information content (AvgIpc) is 3.37. The minimum Gasteiger partial charge on any atom is -0.342 e. The van der Waals surface area contributed by atoms with Gasteiger partial charge in [0.25, 0.3) is 5.91 Å². The van der Waals surface area contributed by atoms with Crippen molar-refractivity contribution in [3.05, 3.63) is 65.7 Å². The van der Waals surface area contributed by atoms with Crippen LogP contribution in [0.15, 0.2) is 48.5 Å². The number of imidazole rings is 1. The minimum atomic E-state index is -0.224. The second-order valence-corrected chi connectivity index (χ2v) is 7.16. The van der Waals surface area contributed by atoms with Gasteiger partial charge in [0.15, 0.2) is 5.82 Å². The Hall–Kier alpha value is -3.55. The minimum absolute atomic E-state index is 0.164. The van der Waals surface area contributed by atoms with Gasteiger partial charge in [-0.05, 0) is 53.6 Å². The fraction of sp³-hybridized carbons (Fsp3) is 0.286. The van der Waals surface area contributed by atoms with E-state index < -0.39 is 0 Å². The van der Waals surface area contributed by atoms with E-state index in [-0.39, 0.29) is 17.9 Å². The van der Waals surface area contributed by atoms with E-state index in [0.29, 0.717) is 11.4 Å². The first-order valence-corrected chi connectivity index (χ1v) is 9.67. The number of tetrazole rings is 1. The number of carbonyl (C=O) groups is 1. The molecule has 2 N–H and O–H groups in total. The number of nitrogens with zero attached hydrogens (tertiary/aromatic N) is 5. The number of hydrogen-bond acceptors (Lipinski definition) is 5. The number of aromatic amines is 1. The number of H-pyrrole nitrogens is 1. The topological polar surface area (TPSA) is 101 Å². The van der Waals surface area contributed by atoms with Gasteiger partial charge >= 0.3 is 0 Å². The van der Waals surface area contributed by atoms with Crippen LogP contribution >= 0.6 is 0 Å². The van der Waals surface area contributed by atoms with E-state index in [1.165, 1.54) is 0 Å². The largest absolute Gasteiger partial charge is 0.342 e. The molecule has 29 heavy (non-hydrogen) atoms. The highest BCUT2D eigenvalue weighted by Crippen LogP contribution is 2.25. The molecule has 8 heteroatoms. The summed E-state index contributed by atoms with van der Waals surface area (Å²) in [5, 5.41) is 14.7. The number of aryl methyl sites for hydroxylation is 1. The number of rotatable bonds is 6. The van der Waals surface area contributed by atoms with Gasteiger partial charge in [-0.2, -0.15) is 4.68 Å². The van der Waals surface area contributed by atoms with Crippen LogP contribution in [0.5, 0.6) is 0 Å². The van der Waals surface area contributed by atoms with E-state index in [9.17, 15) is 4.79 Å². The zero-order chi connectivity index (χ0) is 20.4. The molecule has 2 heterocycles. The van der Waals surface area contributed by atoms with Crippen LogP contribution in [0, 0.1) is 12.8 Å². The first kappa shape index (κ1) is 18.8. The van der Waals surface area contributed by atoms with Gasteiger partial charge in [-0.3, -0.25) is 4.79 Å². The highest BCUT2D eigenvalue weighted by Gasteiger charge is 2.24. The molecular weight excluding hydrogens is 366 g/mol. The predicted molar refractivity (Wildman–Crippen MR) is 110 cm³/mol. The van der Waals surface area contributed by atoms with Crippen LogP contribution in [0.4, 0.5) is 0 Å². The molecular formula is C21H23N7O. The quantitative estimate of drug-likeness (QED) is 0.526. The molecule has 0 aliphatic heterocycles. The summed E-state index contributed by atoms with van der Waals surface area (Å²) in [5.41, 5.74) is 3.13. The molecule has 2 aromatic heterocycles. The predicted octanol–water partition coefficient (Wildman–Crippen LogP) is 3.36. The summed E-state index contributed by atoms with van der Waals surface area (Å²) in [6.07, 6.45) is 0.909. The third-order valence-corrected chi connectivity index (χ3v) is 5.18. The Bertz CT molecular complexity index is 1110. The third-order valence-electron chi connectivity index (χ3n) is 5.18. The van der Waals surface area contributed by atoms with Crippen molar-refractivity contribution < 1.29 is 4.79 Å². The maximum atomic E-state index is 13.1. The molecule has 0 fully saturated rings. The fourth-order valence-electron chi connectivity index (χ4n) is 3.31. The Morgan fingerprint density at radius 3 is 2.76 bits per heavy atom. The monoisotopic (exact) mass is 389 g/mol. The number of para-hydroxylation sites is 2. The van der Waals surface area contributed by atoms with Crippen molar-refractivity contribution >= 4 is 16.9 Å². The van der Waals surface area contributed by atoms with Crippen molar-refractivity contribution in [3.63, 3.8) is 0 Å². The van der Waals surface area contributed by atoms with Crippen molar-refractivity contribution in [3.8, 4) is 5.69 Å². The number of hydrogen-bond donors (Lipinski definition) is 2. The van der Waals surface area contributed by atoms with Gasteiger partial charge in [0.2, 0.25) is 0 Å². The average molecular weight is 389 g/mol. The van der Waals surface area contributed by atoms with Crippen molar-refractivity contribution in [1.82, 2.24) is 35.5 Å². The van der Waals surface area contributed by atoms with Crippen LogP contribution in [0.3, 0.4) is 0 Å². The molecule has 4 aromatic rings. The van der Waals surface area contributed by atoms with Crippen molar-refractivity contribution in [2.24, 2.45) is 5.92 Å². The molecule has 0 saturated carbocycles. The Morgan fingerprint density at radius 1 is 1.21 bits per heavy atom. The smallest absolute Gasteiger partial charge is 0.251 e. The maximum Gasteiger partial charge on any atom is 0.251 e. The number of carbonyl (C=O) groups excluding carboxylic acids is 1. The second kappa shape index (κ2) is 7.83. The molecule has 0 aliphatic carbocycles. The molecule has 0 spiro atoms. The van der Waals surface area contributed by atoms with E-state index in [2.05, 4.69) is 39.7 Å². The van der Waals surface area contributed by atoms with Crippen LogP contribution in [0.25, 0.3) is 16.7 Å². The van der Waals surface area contributed by atoms with Crippen LogP contribution < -0.4 is 5.32 Å². The van der Waals surface area contributed by atoms with E-state index >= 15 is 0 Å². The lowest BCUT2D eigenvalue weighted by molar-refractivity contribution is 0.0920. The molecule has 0 radical (unpaired) electrons. The third kappa shape index (κ3) is 3.73. The number of fused-ring (bicyclic) bond motifs is 1. The van der Waals surface area contributed by atoms with Gasteiger partial charge in [0, 0.05) is 5.56 Å². The van der Waals surface area contributed by atoms with Gasteiger partial charge < -0.3 is 10.3 Å². The molecule has 8 nitrogen and oxygen atoms in total. The highest BCUT2D eigenvalue weighted by atomic mass is 16.1. The Balaban J connectivity index is 1.63. The highest BCUT2D eigenvalue weighted by molar-refractivity contribution is 5.95. The molecule has 0 bridgehead atoms. The summed E-state index contributed by atoms with van der Waals surface area (Å²) in [4.78, 5) is 21.1. The zero-order valence-electron chi connectivity index (χ0n) is 16.6. The van der Waals surface area contributed by atoms with Crippen LogP contribution in [0.1, 0.15) is 48.3 Å². The van der Waals surface area contributed by atoms with Gasteiger partial charge in [-0.15, -0.1) is 5.10 Å². The van der Waals surface area contributed by atoms with Crippen molar-refractivity contribution in [2.75, 3.05) is 0 Å². The van der Waals surface area contributed by atoms with E-state index in [1.54, 1.807) is 16.8 Å². The summed E-state index contributed by atoms with van der Waals surface area (Å²) in [5.74, 6) is 1.47. The lowest BCUT2D eigenvalue weighted by Crippen LogP contribution is -2.33. The number of amides is 1. The van der Waals surface area contributed by atoms with E-state index in [1.807, 2.05) is 43.3 Å². The lowest BCUT2D eigenvalue weighted by atomic mass is 9.98. The molecule has 1 amide bonds. The molecule has 148 valence electrons. The Morgan fingerprint density at radius 2 is 2.03 bits per heavy atom. The SMILES string of the molecule is CC[C@H](C)[C@H](NC(=O)c1cccc(-n2nnnc2C)c1)c1nc2ccccc2[nH]1. The molecule has 0 aliphatic rings. The summed E-state index contributed by atoms with van der Waals surface area (Å²) in [6.45, 7) is 6.03. The summed E-state index contributed by atoms with van der Waals surface area (Å²) in [7, 11) is 0. The summed E-state index contributed by atoms with van der Waals surface area (Å²) >= 11 is 0. The van der Waals surface area contributed by atoms with Gasteiger partial charge in [0.05, 0.1) is 22.8 Å². The van der Waals surface area contributed by atoms with Crippen molar-refractivity contribution in [1.29, 1.82) is 0 Å². The van der Waals surface area contributed by atoms with E-state index in [4.69, 9.17) is 4.98 Å². The van der Waals surface area contributed by atoms with Crippen LogP contribution in [-0.4, -0.2) is 36.1 Å². The Kier molecular flexibility index (Phi) is 5.07. The van der Waals surface area contributed by atoms with Crippen LogP contribution in [0.2, 0.25) is 0 Å². The summed E-state index contributed by atoms with van der Waals surface area (Å²) < 4.78 is 1.60. The first-order chi connectivity index (χ1) is 14.1. The lowest BCUT2D eigenvalue weighted by Gasteiger charge is -2.22. The Labute approximate surface area is 168 Å². The van der Waals surface area contributed by atoms with E-state index in [0.717, 1.165) is 29.0 Å². The van der Waals surface area contributed by atoms with Gasteiger partial charge in [-0.25, -0.2) is 4.98 Å². The number of benzene rings is 2. The molecule has 0 saturated heterocycles. The fourth-order valence-corrected chi connectivity index (χ4v) is 3.31. The standard InChI is InChI=1S/C21H23N7O/c1-4-13(2)19(20-22-17-10-5-6-11-18(17)23-20)24-21(29)15-8-7-9-16(12-15)28-14(3)25-26-27-28/h5-13,19H,4H2,1-3H3,(H,22,23)(H,24,29)/t13-,19-/m0/s1. The molecule has 2 aromatic carbocycles. The molecule has 0 unspecified atom stereocenters. The maximum absolute atomic E-state index is 13.1. The molecule has 2 atom stereocenters. The zero-order valence-corrected chi connectivity index (χ0v) is 16.6. The summed E-state index contributed by atoms with van der Waals surface area (Å²) in [6, 6.07) is 14.9. The van der Waals surface area contributed by atoms with Gasteiger partial charge in [0.1, 0.15) is 5.82 Å². The van der Waals surface area contributed by atoms with Crippen LogP contribution in [-0.2, 0) is 0 Å². The second-order valence-electron chi connectivity index (χ2n) is 7.16.